The summed E-state index contributed by atoms with van der Waals surface area (Å²) in [6, 6.07) is 7.63. The van der Waals surface area contributed by atoms with Crippen LogP contribution in [0, 0.1) is 11.8 Å². The van der Waals surface area contributed by atoms with Gasteiger partial charge in [0.2, 0.25) is 0 Å². The van der Waals surface area contributed by atoms with Crippen LogP contribution in [0.3, 0.4) is 0 Å². The van der Waals surface area contributed by atoms with E-state index in [1.807, 2.05) is 24.3 Å². The molecule has 0 radical (unpaired) electrons. The van der Waals surface area contributed by atoms with E-state index in [1.165, 1.54) is 0 Å². The lowest BCUT2D eigenvalue weighted by Crippen LogP contribution is -2.62. The molecule has 2 heterocycles. The van der Waals surface area contributed by atoms with E-state index < -0.39 is 0 Å². The predicted molar refractivity (Wildman–Crippen MR) is 88.5 cm³/mol. The predicted octanol–water partition coefficient (Wildman–Crippen LogP) is 1.86. The van der Waals surface area contributed by atoms with Crippen LogP contribution < -0.4 is 5.32 Å². The normalized spacial score (nSPS) is 28.2. The summed E-state index contributed by atoms with van der Waals surface area (Å²) >= 11 is 0. The van der Waals surface area contributed by atoms with Gasteiger partial charge in [-0.05, 0) is 18.6 Å². The zero-order valence-electron chi connectivity index (χ0n) is 13.6. The number of imidazole rings is 1. The Kier molecular flexibility index (Phi) is 4.08. The molecule has 6 nitrogen and oxygen atoms in total. The minimum atomic E-state index is -0.0557. The van der Waals surface area contributed by atoms with E-state index in [1.54, 1.807) is 19.5 Å². The van der Waals surface area contributed by atoms with Gasteiger partial charge in [-0.25, -0.2) is 4.98 Å². The molecule has 1 aliphatic heterocycles. The summed E-state index contributed by atoms with van der Waals surface area (Å²) in [6.07, 6.45) is 4.70. The maximum absolute atomic E-state index is 12.7. The van der Waals surface area contributed by atoms with Crippen LogP contribution in [0.2, 0.25) is 0 Å². The molecule has 2 aliphatic rings. The minimum Gasteiger partial charge on any atom is -0.384 e. The number of ether oxygens (including phenoxy) is 2. The van der Waals surface area contributed by atoms with E-state index in [2.05, 4.69) is 15.3 Å². The van der Waals surface area contributed by atoms with E-state index in [4.69, 9.17) is 9.47 Å². The Morgan fingerprint density at radius 1 is 1.50 bits per heavy atom. The number of aromatic amines is 1. The third-order valence-electron chi connectivity index (χ3n) is 5.08. The number of rotatable bonds is 5. The van der Waals surface area contributed by atoms with Crippen molar-refractivity contribution >= 4 is 5.91 Å². The lowest BCUT2D eigenvalue weighted by Gasteiger charge is -2.47. The van der Waals surface area contributed by atoms with Gasteiger partial charge in [0.15, 0.2) is 0 Å². The Morgan fingerprint density at radius 3 is 3.21 bits per heavy atom. The van der Waals surface area contributed by atoms with Gasteiger partial charge in [0, 0.05) is 55.1 Å². The van der Waals surface area contributed by atoms with Gasteiger partial charge in [-0.3, -0.25) is 4.79 Å². The maximum Gasteiger partial charge on any atom is 0.251 e. The number of hydrogen-bond acceptors (Lipinski definition) is 4. The van der Waals surface area contributed by atoms with Gasteiger partial charge in [0.25, 0.3) is 5.91 Å². The quantitative estimate of drug-likeness (QED) is 0.879. The van der Waals surface area contributed by atoms with E-state index in [0.29, 0.717) is 18.1 Å². The Bertz CT molecular complexity index is 716. The molecule has 0 unspecified atom stereocenters. The van der Waals surface area contributed by atoms with Crippen LogP contribution in [0.1, 0.15) is 16.8 Å². The van der Waals surface area contributed by atoms with Gasteiger partial charge < -0.3 is 19.8 Å². The average molecular weight is 327 g/mol. The fraction of sp³-hybridized carbons (Fsp3) is 0.444. The van der Waals surface area contributed by atoms with Crippen molar-refractivity contribution < 1.29 is 14.3 Å². The summed E-state index contributed by atoms with van der Waals surface area (Å²) in [5, 5.41) is 3.18. The van der Waals surface area contributed by atoms with Crippen molar-refractivity contribution in [1.82, 2.24) is 15.3 Å². The molecule has 1 aromatic carbocycles. The average Bonchev–Trinajstić information content (AvgIpc) is 3.27. The summed E-state index contributed by atoms with van der Waals surface area (Å²) < 4.78 is 11.1. The number of carbonyl (C=O) groups excluding carboxylic acids is 1. The molecule has 2 aromatic rings. The molecule has 1 saturated carbocycles. The van der Waals surface area contributed by atoms with E-state index in [-0.39, 0.29) is 24.0 Å². The summed E-state index contributed by atoms with van der Waals surface area (Å²) in [5.74, 6) is 1.34. The molecule has 126 valence electrons. The van der Waals surface area contributed by atoms with E-state index in [9.17, 15) is 4.79 Å². The van der Waals surface area contributed by atoms with Crippen molar-refractivity contribution in [3.63, 3.8) is 0 Å². The molecule has 1 amide bonds. The number of H-pyrrole nitrogens is 1. The first-order valence-electron chi connectivity index (χ1n) is 8.29. The number of hydrogen-bond donors (Lipinski definition) is 2. The van der Waals surface area contributed by atoms with Gasteiger partial charge in [-0.1, -0.05) is 12.1 Å². The molecular weight excluding hydrogens is 306 g/mol. The lowest BCUT2D eigenvalue weighted by atomic mass is 9.67. The first-order chi connectivity index (χ1) is 11.8. The number of benzene rings is 1. The first-order valence-corrected chi connectivity index (χ1v) is 8.29. The van der Waals surface area contributed by atoms with Crippen LogP contribution in [0.15, 0.2) is 36.7 Å². The van der Waals surface area contributed by atoms with Gasteiger partial charge in [0.1, 0.15) is 5.82 Å². The third kappa shape index (κ3) is 2.61. The third-order valence-corrected chi connectivity index (χ3v) is 5.08. The fourth-order valence-corrected chi connectivity index (χ4v) is 3.90. The molecule has 24 heavy (non-hydrogen) atoms. The van der Waals surface area contributed by atoms with Crippen molar-refractivity contribution in [2.24, 2.45) is 11.8 Å². The molecule has 2 fully saturated rings. The van der Waals surface area contributed by atoms with E-state index in [0.717, 1.165) is 24.4 Å². The van der Waals surface area contributed by atoms with Gasteiger partial charge >= 0.3 is 0 Å². The van der Waals surface area contributed by atoms with Crippen LogP contribution in [-0.2, 0) is 9.47 Å². The Hall–Kier alpha value is -2.18. The number of fused-ring (bicyclic) bond motifs is 1. The number of nitrogens with zero attached hydrogens (tertiary/aromatic N) is 1. The summed E-state index contributed by atoms with van der Waals surface area (Å²) in [7, 11) is 1.69. The topological polar surface area (TPSA) is 76.2 Å². The molecule has 1 saturated heterocycles. The Balaban J connectivity index is 1.49. The number of aromatic nitrogens is 2. The Morgan fingerprint density at radius 2 is 2.42 bits per heavy atom. The molecule has 4 rings (SSSR count). The molecule has 0 bridgehead atoms. The molecular formula is C18H21N3O3. The zero-order valence-corrected chi connectivity index (χ0v) is 13.6. The second-order valence-corrected chi connectivity index (χ2v) is 6.42. The van der Waals surface area contributed by atoms with Crippen molar-refractivity contribution in [3.05, 3.63) is 42.2 Å². The number of carbonyl (C=O) groups is 1. The van der Waals surface area contributed by atoms with Crippen LogP contribution >= 0.6 is 0 Å². The van der Waals surface area contributed by atoms with E-state index >= 15 is 0 Å². The van der Waals surface area contributed by atoms with Crippen molar-refractivity contribution in [2.75, 3.05) is 20.3 Å². The standard InChI is InChI=1S/C18H21N3O3/c1-23-10-14-15(13-5-8-24-16(13)14)21-18(22)12-4-2-3-11(9-12)17-19-6-7-20-17/h2-4,6-7,9,13-16H,5,8,10H2,1H3,(H,19,20)(H,21,22)/t13-,14+,15+,16-/m1/s1. The largest absolute Gasteiger partial charge is 0.384 e. The highest BCUT2D eigenvalue weighted by Gasteiger charge is 2.54. The highest BCUT2D eigenvalue weighted by Crippen LogP contribution is 2.43. The van der Waals surface area contributed by atoms with Gasteiger partial charge in [-0.15, -0.1) is 0 Å². The second-order valence-electron chi connectivity index (χ2n) is 6.42. The first kappa shape index (κ1) is 15.4. The number of nitrogens with one attached hydrogen (secondary N) is 2. The molecule has 1 aliphatic carbocycles. The molecule has 0 spiro atoms. The van der Waals surface area contributed by atoms with Crippen LogP contribution in [0.4, 0.5) is 0 Å². The molecule has 2 N–H and O–H groups in total. The van der Waals surface area contributed by atoms with Crippen LogP contribution in [0.5, 0.6) is 0 Å². The van der Waals surface area contributed by atoms with Crippen LogP contribution in [0.25, 0.3) is 11.4 Å². The summed E-state index contributed by atoms with van der Waals surface area (Å²) in [5.41, 5.74) is 1.54. The molecule has 1 aromatic heterocycles. The highest BCUT2D eigenvalue weighted by atomic mass is 16.5. The lowest BCUT2D eigenvalue weighted by molar-refractivity contribution is -0.0809. The van der Waals surface area contributed by atoms with Crippen molar-refractivity contribution in [2.45, 2.75) is 18.6 Å². The number of methoxy groups -OCH3 is 1. The van der Waals surface area contributed by atoms with Gasteiger partial charge in [0.05, 0.1) is 12.7 Å². The molecule has 6 heteroatoms. The monoisotopic (exact) mass is 327 g/mol. The minimum absolute atomic E-state index is 0.0557. The van der Waals surface area contributed by atoms with Crippen molar-refractivity contribution in [3.8, 4) is 11.4 Å². The number of amides is 1. The van der Waals surface area contributed by atoms with Crippen molar-refractivity contribution in [1.29, 1.82) is 0 Å². The SMILES string of the molecule is COC[C@H]1[C@@H](NC(=O)c2cccc(-c3ncc[nH]3)c2)[C@H]2CCO[C@H]21. The summed E-state index contributed by atoms with van der Waals surface area (Å²) in [6.45, 7) is 1.38. The highest BCUT2D eigenvalue weighted by molar-refractivity contribution is 5.95. The summed E-state index contributed by atoms with van der Waals surface area (Å²) in [4.78, 5) is 20.0. The fourth-order valence-electron chi connectivity index (χ4n) is 3.90. The smallest absolute Gasteiger partial charge is 0.251 e. The Labute approximate surface area is 140 Å². The second kappa shape index (κ2) is 6.37. The van der Waals surface area contributed by atoms with Crippen LogP contribution in [-0.4, -0.2) is 48.3 Å². The van der Waals surface area contributed by atoms with Gasteiger partial charge in [-0.2, -0.15) is 0 Å². The molecule has 4 atom stereocenters. The maximum atomic E-state index is 12.7. The zero-order chi connectivity index (χ0) is 16.5.